The van der Waals surface area contributed by atoms with Crippen LogP contribution in [0, 0.1) is 0 Å². The van der Waals surface area contributed by atoms with Crippen molar-refractivity contribution in [2.45, 2.75) is 31.8 Å². The maximum Gasteiger partial charge on any atom is 0.414 e. The number of halogens is 1. The Morgan fingerprint density at radius 3 is 2.47 bits per heavy atom. The fourth-order valence-corrected chi connectivity index (χ4v) is 4.86. The highest BCUT2D eigenvalue weighted by atomic mass is 35.5. The average molecular weight is 491 g/mol. The van der Waals surface area contributed by atoms with Crippen molar-refractivity contribution in [2.75, 3.05) is 60.3 Å². The highest BCUT2D eigenvalue weighted by Crippen LogP contribution is 2.51. The lowest BCUT2D eigenvalue weighted by Crippen LogP contribution is -3.00. The highest BCUT2D eigenvalue weighted by molar-refractivity contribution is 5.72. The van der Waals surface area contributed by atoms with Gasteiger partial charge in [0.05, 0.1) is 26.8 Å². The fraction of sp³-hybridized carbons (Fsp3) is 0.500. The van der Waals surface area contributed by atoms with Crippen LogP contribution >= 0.6 is 0 Å². The number of rotatable bonds is 3. The number of phenolic OH excluding ortho intramolecular Hbond substituents is 1. The molecule has 1 amide bonds. The SMILES string of the molecule is CC[N+](C)(C)c1cccc(O)c1.CN(C)C(=O)Oc1ccc2c(c1)C1(C)CCN(C)C1N2C.[Cl-]. The first kappa shape index (κ1) is 27.8. The number of amides is 1. The molecule has 2 unspecified atom stereocenters. The molecular weight excluding hydrogens is 452 g/mol. The summed E-state index contributed by atoms with van der Waals surface area (Å²) in [5.74, 6) is 0.962. The number of likely N-dealkylation sites (N-methyl/N-ethyl adjacent to an activating group) is 2. The number of hydrogen-bond acceptors (Lipinski definition) is 5. The summed E-state index contributed by atoms with van der Waals surface area (Å²) in [7, 11) is 11.9. The molecule has 2 aliphatic heterocycles. The van der Waals surface area contributed by atoms with Gasteiger partial charge in [-0.2, -0.15) is 0 Å². The van der Waals surface area contributed by atoms with Crippen molar-refractivity contribution in [1.29, 1.82) is 0 Å². The Morgan fingerprint density at radius 1 is 1.21 bits per heavy atom. The van der Waals surface area contributed by atoms with Gasteiger partial charge in [0.2, 0.25) is 0 Å². The van der Waals surface area contributed by atoms with E-state index in [1.807, 2.05) is 30.3 Å². The maximum absolute atomic E-state index is 11.7. The molecule has 2 atom stereocenters. The first-order chi connectivity index (χ1) is 15.4. The molecule has 8 heteroatoms. The third-order valence-electron chi connectivity index (χ3n) is 7.19. The Bertz CT molecular complexity index is 1010. The Labute approximate surface area is 210 Å². The van der Waals surface area contributed by atoms with Crippen LogP contribution in [0.1, 0.15) is 25.8 Å². The van der Waals surface area contributed by atoms with Crippen molar-refractivity contribution < 1.29 is 27.0 Å². The van der Waals surface area contributed by atoms with Gasteiger partial charge in [-0.15, -0.1) is 0 Å². The topological polar surface area (TPSA) is 56.2 Å². The van der Waals surface area contributed by atoms with E-state index in [1.54, 1.807) is 20.2 Å². The van der Waals surface area contributed by atoms with Crippen molar-refractivity contribution in [3.05, 3.63) is 48.0 Å². The lowest BCUT2D eigenvalue weighted by atomic mass is 9.81. The molecule has 7 nitrogen and oxygen atoms in total. The molecule has 188 valence electrons. The smallest absolute Gasteiger partial charge is 0.414 e. The molecule has 0 aliphatic carbocycles. The highest BCUT2D eigenvalue weighted by Gasteiger charge is 2.52. The number of likely N-dealkylation sites (tertiary alicyclic amines) is 1. The summed E-state index contributed by atoms with van der Waals surface area (Å²) in [5.41, 5.74) is 3.75. The zero-order valence-corrected chi connectivity index (χ0v) is 22.4. The van der Waals surface area contributed by atoms with Crippen molar-refractivity contribution in [3.8, 4) is 11.5 Å². The minimum Gasteiger partial charge on any atom is -1.00 e. The average Bonchev–Trinajstić information content (AvgIpc) is 3.19. The zero-order valence-electron chi connectivity index (χ0n) is 21.7. The van der Waals surface area contributed by atoms with E-state index in [1.165, 1.54) is 16.2 Å². The lowest BCUT2D eigenvalue weighted by molar-refractivity contribution is -0.0000133. The number of phenols is 1. The minimum absolute atomic E-state index is 0. The Kier molecular flexibility index (Phi) is 8.51. The van der Waals surface area contributed by atoms with E-state index < -0.39 is 0 Å². The number of quaternary nitrogens is 1. The van der Waals surface area contributed by atoms with Crippen LogP contribution in [-0.4, -0.2) is 82.5 Å². The van der Waals surface area contributed by atoms with Crippen LogP contribution in [-0.2, 0) is 5.41 Å². The number of nitrogens with zero attached hydrogens (tertiary/aromatic N) is 4. The summed E-state index contributed by atoms with van der Waals surface area (Å²) >= 11 is 0. The number of carbonyl (C=O) groups is 1. The van der Waals surface area contributed by atoms with E-state index in [4.69, 9.17) is 4.74 Å². The van der Waals surface area contributed by atoms with Gasteiger partial charge in [-0.3, -0.25) is 9.38 Å². The van der Waals surface area contributed by atoms with E-state index in [0.717, 1.165) is 29.7 Å². The largest absolute Gasteiger partial charge is 1.00 e. The van der Waals surface area contributed by atoms with Crippen molar-refractivity contribution in [3.63, 3.8) is 0 Å². The molecule has 1 fully saturated rings. The summed E-state index contributed by atoms with van der Waals surface area (Å²) in [6.45, 7) is 6.54. The fourth-order valence-electron chi connectivity index (χ4n) is 4.86. The van der Waals surface area contributed by atoms with E-state index in [-0.39, 0.29) is 23.9 Å². The normalized spacial score (nSPS) is 21.1. The van der Waals surface area contributed by atoms with Crippen LogP contribution in [0.4, 0.5) is 16.2 Å². The second-order valence-corrected chi connectivity index (χ2v) is 10.1. The van der Waals surface area contributed by atoms with E-state index in [0.29, 0.717) is 17.7 Å². The van der Waals surface area contributed by atoms with E-state index in [2.05, 4.69) is 57.9 Å². The van der Waals surface area contributed by atoms with Gasteiger partial charge in [0.25, 0.3) is 0 Å². The van der Waals surface area contributed by atoms with Crippen molar-refractivity contribution in [2.24, 2.45) is 0 Å². The number of fused-ring (bicyclic) bond motifs is 3. The monoisotopic (exact) mass is 490 g/mol. The van der Waals surface area contributed by atoms with Gasteiger partial charge in [0.15, 0.2) is 0 Å². The van der Waals surface area contributed by atoms with Gasteiger partial charge in [-0.25, -0.2) is 4.79 Å². The number of ether oxygens (including phenoxy) is 1. The molecule has 4 rings (SSSR count). The molecular formula is C26H39ClN4O3. The number of aromatic hydroxyl groups is 1. The molecule has 0 spiro atoms. The molecule has 0 aromatic heterocycles. The number of carbonyl (C=O) groups excluding carboxylic acids is 1. The Hall–Kier alpha value is -2.48. The van der Waals surface area contributed by atoms with Crippen LogP contribution in [0.5, 0.6) is 11.5 Å². The van der Waals surface area contributed by atoms with Crippen molar-refractivity contribution in [1.82, 2.24) is 14.3 Å². The lowest BCUT2D eigenvalue weighted by Gasteiger charge is -2.32. The van der Waals surface area contributed by atoms with Gasteiger partial charge < -0.3 is 32.1 Å². The van der Waals surface area contributed by atoms with E-state index >= 15 is 0 Å². The summed E-state index contributed by atoms with van der Waals surface area (Å²) in [4.78, 5) is 17.9. The van der Waals surface area contributed by atoms with Crippen LogP contribution in [0.15, 0.2) is 42.5 Å². The summed E-state index contributed by atoms with van der Waals surface area (Å²) in [5, 5.41) is 9.26. The summed E-state index contributed by atoms with van der Waals surface area (Å²) in [6.07, 6.45) is 1.16. The van der Waals surface area contributed by atoms with Crippen LogP contribution in [0.25, 0.3) is 0 Å². The van der Waals surface area contributed by atoms with Crippen LogP contribution < -0.4 is 26.5 Å². The zero-order chi connectivity index (χ0) is 24.6. The molecule has 1 saturated heterocycles. The minimum atomic E-state index is -0.341. The molecule has 34 heavy (non-hydrogen) atoms. The summed E-state index contributed by atoms with van der Waals surface area (Å²) < 4.78 is 6.21. The maximum atomic E-state index is 11.7. The first-order valence-corrected chi connectivity index (χ1v) is 11.5. The standard InChI is InChI=1S/C16H23N3O2.C10H15NO.ClH/c1-16-8-9-18(4)14(16)19(5)13-7-6-11(10-12(13)16)21-15(20)17(2)3;1-4-11(2,3)9-6-5-7-10(12)8-9;/h6-7,10,14H,8-9H2,1-5H3;5-8H,4H2,1-3H3;1H. The molecule has 1 N–H and O–H groups in total. The number of anilines is 1. The van der Waals surface area contributed by atoms with Crippen LogP contribution in [0.2, 0.25) is 0 Å². The Balaban J connectivity index is 0.000000270. The second-order valence-electron chi connectivity index (χ2n) is 10.1. The number of hydrogen-bond donors (Lipinski definition) is 1. The third kappa shape index (κ3) is 5.27. The molecule has 0 bridgehead atoms. The second kappa shape index (κ2) is 10.4. The van der Waals surface area contributed by atoms with Gasteiger partial charge in [0.1, 0.15) is 17.2 Å². The molecule has 2 heterocycles. The van der Waals surface area contributed by atoms with Gasteiger partial charge >= 0.3 is 6.09 Å². The van der Waals surface area contributed by atoms with Gasteiger partial charge in [0, 0.05) is 44.9 Å². The Morgan fingerprint density at radius 2 is 1.88 bits per heavy atom. The van der Waals surface area contributed by atoms with Gasteiger partial charge in [-0.05, 0) is 56.3 Å². The van der Waals surface area contributed by atoms with Crippen molar-refractivity contribution >= 4 is 17.5 Å². The summed E-state index contributed by atoms with van der Waals surface area (Å²) in [6, 6.07) is 13.4. The predicted molar refractivity (Wildman–Crippen MR) is 135 cm³/mol. The van der Waals surface area contributed by atoms with E-state index in [9.17, 15) is 9.90 Å². The molecule has 0 saturated carbocycles. The molecule has 0 radical (unpaired) electrons. The van der Waals surface area contributed by atoms with Gasteiger partial charge in [-0.1, -0.05) is 13.0 Å². The predicted octanol–water partition coefficient (Wildman–Crippen LogP) is 1.10. The molecule has 2 aromatic rings. The quantitative estimate of drug-likeness (QED) is 0.653. The first-order valence-electron chi connectivity index (χ1n) is 11.5. The van der Waals surface area contributed by atoms with Crippen LogP contribution in [0.3, 0.4) is 0 Å². The third-order valence-corrected chi connectivity index (χ3v) is 7.19. The molecule has 2 aromatic carbocycles. The number of benzene rings is 2. The molecule has 2 aliphatic rings.